The van der Waals surface area contributed by atoms with E-state index >= 15 is 0 Å². The molecule has 1 aromatic carbocycles. The number of nitrogens with one attached hydrogen (secondary N) is 1. The standard InChI is InChI=1S/C41H55N3O9S/c1-25-12-8-9-13-27-21-41(27,38(48)43-54(49,50)40(6)16-17-40)22-33(45)32-19-28(52-36-30-15-11-10-14-29(30)34(51-7)23-42-36)24-44(32)37(47)31(26(2)18-25)20-35(46)53-39(3,4)5/h9-11,13-15,23,25-28,31-32H,8,12,16-22,24H2,1-7H3,(H,43,48)/b13-9-/t25-,26+,27+,28+,31-,32-,41+/m0/s1. The number of amides is 2. The smallest absolute Gasteiger partial charge is 0.307 e. The number of rotatable bonds is 8. The summed E-state index contributed by atoms with van der Waals surface area (Å²) in [7, 11) is -2.38. The van der Waals surface area contributed by atoms with Gasteiger partial charge in [-0.15, -0.1) is 0 Å². The third kappa shape index (κ3) is 8.30. The van der Waals surface area contributed by atoms with Crippen LogP contribution < -0.4 is 14.2 Å². The van der Waals surface area contributed by atoms with Crippen molar-refractivity contribution in [1.82, 2.24) is 14.6 Å². The maximum Gasteiger partial charge on any atom is 0.307 e. The van der Waals surface area contributed by atoms with Gasteiger partial charge in [0.05, 0.1) is 48.4 Å². The van der Waals surface area contributed by atoms with Crippen LogP contribution in [0.1, 0.15) is 99.3 Å². The summed E-state index contributed by atoms with van der Waals surface area (Å²) in [6.45, 7) is 11.1. The first-order chi connectivity index (χ1) is 25.4. The lowest BCUT2D eigenvalue weighted by Gasteiger charge is -2.32. The van der Waals surface area contributed by atoms with Gasteiger partial charge in [0.1, 0.15) is 17.5 Å². The van der Waals surface area contributed by atoms with Crippen LogP contribution in [-0.2, 0) is 33.9 Å². The summed E-state index contributed by atoms with van der Waals surface area (Å²) in [5.74, 6) is -2.06. The third-order valence-electron chi connectivity index (χ3n) is 11.8. The Balaban J connectivity index is 1.35. The van der Waals surface area contributed by atoms with Crippen molar-refractivity contribution in [3.63, 3.8) is 0 Å². The van der Waals surface area contributed by atoms with Gasteiger partial charge in [-0.25, -0.2) is 13.4 Å². The molecule has 2 aliphatic heterocycles. The third-order valence-corrected chi connectivity index (χ3v) is 14.0. The van der Waals surface area contributed by atoms with E-state index in [1.54, 1.807) is 41.0 Å². The van der Waals surface area contributed by atoms with Crippen molar-refractivity contribution in [3.05, 3.63) is 42.6 Å². The number of ether oxygens (including phenoxy) is 3. The number of hydrogen-bond acceptors (Lipinski definition) is 10. The van der Waals surface area contributed by atoms with Crippen LogP contribution in [0.15, 0.2) is 42.6 Å². The lowest BCUT2D eigenvalue weighted by atomic mass is 9.82. The highest BCUT2D eigenvalue weighted by Crippen LogP contribution is 2.57. The second-order valence-corrected chi connectivity index (χ2v) is 19.6. The van der Waals surface area contributed by atoms with Gasteiger partial charge in [-0.05, 0) is 90.0 Å². The Kier molecular flexibility index (Phi) is 11.0. The predicted octanol–water partition coefficient (Wildman–Crippen LogP) is 5.92. The molecule has 12 nitrogen and oxygen atoms in total. The molecule has 2 amide bonds. The fourth-order valence-electron chi connectivity index (χ4n) is 8.20. The molecule has 3 heterocycles. The van der Waals surface area contributed by atoms with Gasteiger partial charge in [0.2, 0.25) is 27.7 Å². The van der Waals surface area contributed by atoms with Gasteiger partial charge < -0.3 is 19.1 Å². The molecule has 7 atom stereocenters. The van der Waals surface area contributed by atoms with Crippen molar-refractivity contribution in [1.29, 1.82) is 0 Å². The van der Waals surface area contributed by atoms with Gasteiger partial charge in [0, 0.05) is 23.6 Å². The fraction of sp³-hybridized carbons (Fsp3) is 0.634. The number of fused-ring (bicyclic) bond motifs is 3. The van der Waals surface area contributed by atoms with Crippen LogP contribution in [0, 0.1) is 29.1 Å². The molecule has 2 aromatic rings. The maximum absolute atomic E-state index is 14.8. The van der Waals surface area contributed by atoms with Gasteiger partial charge in [-0.2, -0.15) is 0 Å². The zero-order valence-electron chi connectivity index (χ0n) is 32.6. The molecule has 2 aliphatic carbocycles. The van der Waals surface area contributed by atoms with Crippen LogP contribution in [0.2, 0.25) is 0 Å². The van der Waals surface area contributed by atoms with E-state index in [1.807, 2.05) is 43.3 Å². The van der Waals surface area contributed by atoms with E-state index in [9.17, 15) is 27.6 Å². The molecule has 1 saturated heterocycles. The molecule has 3 fully saturated rings. The van der Waals surface area contributed by atoms with Gasteiger partial charge in [0.15, 0.2) is 5.78 Å². The van der Waals surface area contributed by atoms with Gasteiger partial charge >= 0.3 is 5.97 Å². The highest BCUT2D eigenvalue weighted by molar-refractivity contribution is 7.91. The first-order valence-electron chi connectivity index (χ1n) is 19.2. The van der Waals surface area contributed by atoms with E-state index in [2.05, 4.69) is 16.6 Å². The Morgan fingerprint density at radius 2 is 1.78 bits per heavy atom. The minimum Gasteiger partial charge on any atom is -0.494 e. The molecule has 0 spiro atoms. The van der Waals surface area contributed by atoms with Crippen LogP contribution >= 0.6 is 0 Å². The van der Waals surface area contributed by atoms with Crippen LogP contribution in [0.5, 0.6) is 11.6 Å². The number of pyridine rings is 1. The molecular weight excluding hydrogens is 711 g/mol. The first-order valence-corrected chi connectivity index (χ1v) is 20.7. The van der Waals surface area contributed by atoms with Crippen LogP contribution in [0.3, 0.4) is 0 Å². The van der Waals surface area contributed by atoms with Crippen molar-refractivity contribution in [2.24, 2.45) is 29.1 Å². The number of benzene rings is 1. The summed E-state index contributed by atoms with van der Waals surface area (Å²) in [6, 6.07) is 6.53. The normalized spacial score (nSPS) is 30.6. The number of sulfonamides is 1. The SMILES string of the molecule is COc1cnc(O[C@@H]2C[C@H]3C(=O)C[C@]4(C(=O)NS(=O)(=O)C5(C)CC5)C[C@H]4/C=C\CC[C@H](C)C[C@@H](C)[C@H](CC(=O)OC(C)(C)C)C(=O)N3C2)c2ccccc12. The van der Waals surface area contributed by atoms with E-state index in [1.165, 1.54) is 4.90 Å². The molecule has 13 heteroatoms. The van der Waals surface area contributed by atoms with Crippen molar-refractivity contribution in [2.75, 3.05) is 13.7 Å². The Morgan fingerprint density at radius 1 is 1.07 bits per heavy atom. The zero-order valence-corrected chi connectivity index (χ0v) is 33.4. The van der Waals surface area contributed by atoms with Crippen molar-refractivity contribution in [3.8, 4) is 11.6 Å². The number of carbonyl (C=O) groups excluding carboxylic acids is 4. The molecule has 4 aliphatic rings. The maximum atomic E-state index is 14.8. The molecule has 6 rings (SSSR count). The number of Topliss-reactive ketones (excluding diaryl/α,β-unsaturated/α-hetero) is 1. The zero-order chi connectivity index (χ0) is 39.2. The predicted molar refractivity (Wildman–Crippen MR) is 203 cm³/mol. The minimum absolute atomic E-state index is 0.0552. The van der Waals surface area contributed by atoms with Crippen molar-refractivity contribution in [2.45, 2.75) is 122 Å². The van der Waals surface area contributed by atoms with E-state index in [0.717, 1.165) is 18.2 Å². The highest BCUT2D eigenvalue weighted by atomic mass is 32.2. The highest BCUT2D eigenvalue weighted by Gasteiger charge is 2.62. The number of aromatic nitrogens is 1. The Hall–Kier alpha value is -4.00. The van der Waals surface area contributed by atoms with Gasteiger partial charge in [-0.1, -0.05) is 44.2 Å². The molecule has 294 valence electrons. The molecule has 2 saturated carbocycles. The lowest BCUT2D eigenvalue weighted by Crippen LogP contribution is -2.48. The Labute approximate surface area is 318 Å². The van der Waals surface area contributed by atoms with E-state index in [4.69, 9.17) is 14.2 Å². The average Bonchev–Trinajstić information content (AvgIpc) is 3.98. The summed E-state index contributed by atoms with van der Waals surface area (Å²) < 4.78 is 45.5. The number of methoxy groups -OCH3 is 1. The second-order valence-electron chi connectivity index (χ2n) is 17.4. The van der Waals surface area contributed by atoms with Gasteiger partial charge in [0.25, 0.3) is 0 Å². The number of esters is 1. The van der Waals surface area contributed by atoms with Crippen LogP contribution in [0.4, 0.5) is 0 Å². The number of allylic oxidation sites excluding steroid dienone is 2. The first kappa shape index (κ1) is 39.7. The van der Waals surface area contributed by atoms with Crippen LogP contribution in [0.25, 0.3) is 10.8 Å². The molecule has 1 aromatic heterocycles. The summed E-state index contributed by atoms with van der Waals surface area (Å²) in [4.78, 5) is 62.8. The van der Waals surface area contributed by atoms with Gasteiger partial charge in [-0.3, -0.25) is 23.9 Å². The largest absolute Gasteiger partial charge is 0.494 e. The summed E-state index contributed by atoms with van der Waals surface area (Å²) in [5.41, 5.74) is -2.01. The summed E-state index contributed by atoms with van der Waals surface area (Å²) in [6.07, 6.45) is 8.09. The Morgan fingerprint density at radius 3 is 2.44 bits per heavy atom. The number of carbonyl (C=O) groups is 4. The van der Waals surface area contributed by atoms with E-state index in [-0.39, 0.29) is 55.3 Å². The number of ketones is 1. The molecule has 54 heavy (non-hydrogen) atoms. The lowest BCUT2D eigenvalue weighted by molar-refractivity contribution is -0.160. The number of hydrogen-bond donors (Lipinski definition) is 1. The average molecular weight is 766 g/mol. The van der Waals surface area contributed by atoms with Crippen LogP contribution in [-0.4, -0.2) is 78.0 Å². The molecule has 0 radical (unpaired) electrons. The summed E-state index contributed by atoms with van der Waals surface area (Å²) in [5, 5.41) is 1.50. The number of nitrogens with zero attached hydrogens (tertiary/aromatic N) is 2. The molecule has 0 unspecified atom stereocenters. The summed E-state index contributed by atoms with van der Waals surface area (Å²) >= 11 is 0. The van der Waals surface area contributed by atoms with E-state index < -0.39 is 55.7 Å². The minimum atomic E-state index is -3.95. The quantitative estimate of drug-likeness (QED) is 0.253. The van der Waals surface area contributed by atoms with Crippen molar-refractivity contribution >= 4 is 44.4 Å². The topological polar surface area (TPSA) is 158 Å². The fourth-order valence-corrected chi connectivity index (χ4v) is 9.54. The second kappa shape index (κ2) is 14.9. The monoisotopic (exact) mass is 765 g/mol. The van der Waals surface area contributed by atoms with Crippen molar-refractivity contribution < 1.29 is 41.8 Å². The Bertz CT molecular complexity index is 1930. The molecule has 1 N–H and O–H groups in total. The molecular formula is C41H55N3O9S. The van der Waals surface area contributed by atoms with E-state index in [0.29, 0.717) is 42.7 Å². The molecule has 0 bridgehead atoms.